The zero-order valence-electron chi connectivity index (χ0n) is 15.9. The Morgan fingerprint density at radius 3 is 2.04 bits per heavy atom. The minimum absolute atomic E-state index is 0.0589. The summed E-state index contributed by atoms with van der Waals surface area (Å²) in [5.41, 5.74) is 1.50. The lowest BCUT2D eigenvalue weighted by atomic mass is 10.1. The smallest absolute Gasteiger partial charge is 0.295 e. The molecule has 0 spiro atoms. The van der Waals surface area contributed by atoms with E-state index in [4.69, 9.17) is 0 Å². The number of hydrogen-bond acceptors (Lipinski definition) is 4. The van der Waals surface area contributed by atoms with Crippen molar-refractivity contribution in [3.8, 4) is 11.8 Å². The summed E-state index contributed by atoms with van der Waals surface area (Å²) >= 11 is 0. The van der Waals surface area contributed by atoms with Crippen LogP contribution in [0.2, 0.25) is 0 Å². The number of aryl methyl sites for hydroxylation is 1. The van der Waals surface area contributed by atoms with E-state index in [9.17, 15) is 19.8 Å². The number of carbonyl (C=O) groups excluding carboxylic acids is 2. The number of fused-ring (bicyclic) bond motifs is 1. The molecule has 144 valence electrons. The van der Waals surface area contributed by atoms with Gasteiger partial charge in [-0.05, 0) is 43.2 Å². The van der Waals surface area contributed by atoms with Gasteiger partial charge in [0.1, 0.15) is 0 Å². The van der Waals surface area contributed by atoms with Crippen molar-refractivity contribution in [1.29, 1.82) is 0 Å². The van der Waals surface area contributed by atoms with Crippen LogP contribution in [0.3, 0.4) is 0 Å². The largest absolute Gasteiger partial charge is 0.494 e. The lowest BCUT2D eigenvalue weighted by Crippen LogP contribution is -2.02. The fourth-order valence-electron chi connectivity index (χ4n) is 2.89. The molecular formula is C21H21N3O4. The van der Waals surface area contributed by atoms with Crippen LogP contribution in [0.1, 0.15) is 40.1 Å². The molecule has 3 rings (SSSR count). The summed E-state index contributed by atoms with van der Waals surface area (Å²) in [7, 11) is 0. The van der Waals surface area contributed by atoms with Crippen molar-refractivity contribution in [3.63, 3.8) is 0 Å². The zero-order chi connectivity index (χ0) is 20.4. The highest BCUT2D eigenvalue weighted by Crippen LogP contribution is 2.37. The maximum atomic E-state index is 12.3. The molecule has 0 bridgehead atoms. The molecule has 2 aromatic carbocycles. The molecule has 2 N–H and O–H groups in total. The molecule has 0 fully saturated rings. The molecule has 0 saturated carbocycles. The lowest BCUT2D eigenvalue weighted by molar-refractivity contribution is 0.0947. The van der Waals surface area contributed by atoms with Crippen molar-refractivity contribution in [1.82, 2.24) is 4.57 Å². The molecular weight excluding hydrogens is 358 g/mol. The first-order valence-electron chi connectivity index (χ1n) is 8.89. The van der Waals surface area contributed by atoms with Gasteiger partial charge in [-0.25, -0.2) is 0 Å². The molecule has 0 saturated heterocycles. The van der Waals surface area contributed by atoms with Crippen LogP contribution in [-0.4, -0.2) is 26.6 Å². The van der Waals surface area contributed by atoms with Gasteiger partial charge in [-0.15, -0.1) is 10.2 Å². The normalized spacial score (nSPS) is 11.6. The minimum atomic E-state index is -0.710. The van der Waals surface area contributed by atoms with Crippen molar-refractivity contribution < 1.29 is 19.8 Å². The van der Waals surface area contributed by atoms with E-state index >= 15 is 0 Å². The summed E-state index contributed by atoms with van der Waals surface area (Å²) < 4.78 is 1.39. The van der Waals surface area contributed by atoms with Crippen molar-refractivity contribution in [3.05, 3.63) is 59.2 Å². The molecule has 0 aliphatic heterocycles. The summed E-state index contributed by atoms with van der Waals surface area (Å²) in [6.45, 7) is 6.26. The van der Waals surface area contributed by atoms with Crippen LogP contribution in [0, 0.1) is 12.8 Å². The Hall–Kier alpha value is -3.48. The van der Waals surface area contributed by atoms with Crippen LogP contribution >= 0.6 is 0 Å². The van der Waals surface area contributed by atoms with E-state index in [1.165, 1.54) is 22.8 Å². The summed E-state index contributed by atoms with van der Waals surface area (Å²) in [4.78, 5) is 24.3. The molecule has 0 atom stereocenters. The van der Waals surface area contributed by atoms with Gasteiger partial charge < -0.3 is 10.2 Å². The fourth-order valence-corrected chi connectivity index (χ4v) is 2.89. The molecule has 0 radical (unpaired) electrons. The van der Waals surface area contributed by atoms with E-state index in [2.05, 4.69) is 10.2 Å². The summed E-state index contributed by atoms with van der Waals surface area (Å²) in [5, 5.41) is 28.4. The Kier molecular flexibility index (Phi) is 5.26. The van der Waals surface area contributed by atoms with Gasteiger partial charge >= 0.3 is 0 Å². The van der Waals surface area contributed by atoms with E-state index in [1.807, 2.05) is 20.8 Å². The first kappa shape index (κ1) is 19.3. The Balaban J connectivity index is 1.86. The number of rotatable bonds is 4. The van der Waals surface area contributed by atoms with Crippen LogP contribution in [0.15, 0.2) is 52.7 Å². The molecule has 0 aliphatic carbocycles. The molecule has 0 unspecified atom stereocenters. The maximum absolute atomic E-state index is 12.3. The van der Waals surface area contributed by atoms with Crippen molar-refractivity contribution in [2.24, 2.45) is 16.1 Å². The number of nitrogens with zero attached hydrogens (tertiary/aromatic N) is 3. The van der Waals surface area contributed by atoms with Gasteiger partial charge in [0.2, 0.25) is 11.8 Å². The highest BCUT2D eigenvalue weighted by molar-refractivity contribution is 6.03. The molecule has 1 heterocycles. The fraction of sp³-hybridized carbons (Fsp3) is 0.238. The highest BCUT2D eigenvalue weighted by atomic mass is 16.3. The van der Waals surface area contributed by atoms with Crippen LogP contribution in [-0.2, 0) is 6.54 Å². The Morgan fingerprint density at radius 1 is 0.893 bits per heavy atom. The third kappa shape index (κ3) is 3.78. The topological polar surface area (TPSA) is 104 Å². The quantitative estimate of drug-likeness (QED) is 0.653. The van der Waals surface area contributed by atoms with Gasteiger partial charge in [0, 0.05) is 28.4 Å². The molecule has 7 nitrogen and oxygen atoms in total. The summed E-state index contributed by atoms with van der Waals surface area (Å²) in [6.07, 6.45) is 0. The van der Waals surface area contributed by atoms with Crippen molar-refractivity contribution >= 4 is 22.6 Å². The van der Waals surface area contributed by atoms with E-state index in [0.29, 0.717) is 22.9 Å². The number of carbonyl (C=O) groups is 2. The van der Waals surface area contributed by atoms with Gasteiger partial charge in [0.05, 0.1) is 0 Å². The Bertz CT molecular complexity index is 1080. The second-order valence-electron chi connectivity index (χ2n) is 7.09. The molecule has 28 heavy (non-hydrogen) atoms. The second-order valence-corrected chi connectivity index (χ2v) is 7.09. The highest BCUT2D eigenvalue weighted by Gasteiger charge is 2.18. The van der Waals surface area contributed by atoms with E-state index in [-0.39, 0.29) is 23.2 Å². The second kappa shape index (κ2) is 7.64. The lowest BCUT2D eigenvalue weighted by Gasteiger charge is -2.08. The first-order valence-corrected chi connectivity index (χ1v) is 8.89. The monoisotopic (exact) mass is 379 g/mol. The third-order valence-electron chi connectivity index (χ3n) is 4.34. The Labute approximate surface area is 162 Å². The number of aromatic nitrogens is 1. The average Bonchev–Trinajstić information content (AvgIpc) is 2.90. The van der Waals surface area contributed by atoms with Gasteiger partial charge in [0.15, 0.2) is 0 Å². The molecule has 2 amide bonds. The predicted molar refractivity (Wildman–Crippen MR) is 105 cm³/mol. The standard InChI is InChI=1S/C21H21N3O4/c1-12(2)11-24-20(27)16-9-8-15(10-17(16)21(24)28)19(26)23-22-18(25)14-6-4-13(3)5-7-14/h4-10,12,27-28H,11H2,1-3H3. The first-order chi connectivity index (χ1) is 13.3. The average molecular weight is 379 g/mol. The van der Waals surface area contributed by atoms with Crippen molar-refractivity contribution in [2.75, 3.05) is 0 Å². The van der Waals surface area contributed by atoms with Crippen LogP contribution < -0.4 is 0 Å². The Morgan fingerprint density at radius 2 is 1.43 bits per heavy atom. The number of amides is 2. The van der Waals surface area contributed by atoms with Crippen LogP contribution in [0.4, 0.5) is 0 Å². The number of benzene rings is 2. The molecule has 7 heteroatoms. The van der Waals surface area contributed by atoms with Gasteiger partial charge in [-0.1, -0.05) is 31.5 Å². The van der Waals surface area contributed by atoms with Gasteiger partial charge in [0.25, 0.3) is 11.8 Å². The third-order valence-corrected chi connectivity index (χ3v) is 4.34. The number of azo groups is 1. The van der Waals surface area contributed by atoms with E-state index in [1.54, 1.807) is 24.3 Å². The summed E-state index contributed by atoms with van der Waals surface area (Å²) in [6, 6.07) is 11.2. The maximum Gasteiger partial charge on any atom is 0.295 e. The van der Waals surface area contributed by atoms with Gasteiger partial charge in [-0.2, -0.15) is 0 Å². The number of hydrogen-bond donors (Lipinski definition) is 2. The van der Waals surface area contributed by atoms with Crippen LogP contribution in [0.5, 0.6) is 11.8 Å². The molecule has 3 aromatic rings. The summed E-state index contributed by atoms with van der Waals surface area (Å²) in [5.74, 6) is -1.29. The van der Waals surface area contributed by atoms with Crippen LogP contribution in [0.25, 0.3) is 10.8 Å². The molecule has 0 aliphatic rings. The van der Waals surface area contributed by atoms with Gasteiger partial charge in [-0.3, -0.25) is 14.2 Å². The minimum Gasteiger partial charge on any atom is -0.494 e. The SMILES string of the molecule is Cc1ccc(C(=O)N=NC(=O)c2ccc3c(O)n(CC(C)C)c(O)c3c2)cc1. The van der Waals surface area contributed by atoms with E-state index < -0.39 is 11.8 Å². The zero-order valence-corrected chi connectivity index (χ0v) is 15.9. The van der Waals surface area contributed by atoms with E-state index in [0.717, 1.165) is 5.56 Å². The van der Waals surface area contributed by atoms with Crippen molar-refractivity contribution in [2.45, 2.75) is 27.3 Å². The molecule has 1 aromatic heterocycles. The number of aromatic hydroxyl groups is 2. The predicted octanol–water partition coefficient (Wildman–Crippen LogP) is 4.45.